The normalized spacial score (nSPS) is 17.1. The summed E-state index contributed by atoms with van der Waals surface area (Å²) in [5.74, 6) is 1.28. The summed E-state index contributed by atoms with van der Waals surface area (Å²) < 4.78 is 10.6. The van der Waals surface area contributed by atoms with Crippen LogP contribution in [0.5, 0.6) is 11.5 Å². The van der Waals surface area contributed by atoms with Crippen LogP contribution in [0.15, 0.2) is 42.5 Å². The number of hydrogen-bond acceptors (Lipinski definition) is 4. The minimum Gasteiger partial charge on any atom is -0.497 e. The lowest BCUT2D eigenvalue weighted by Crippen LogP contribution is -2.24. The number of nitrogens with one attached hydrogen (secondary N) is 1. The number of hydrogen-bond donors (Lipinski definition) is 1. The number of fused-ring (bicyclic) bond motifs is 1. The Hall–Kier alpha value is -2.14. The van der Waals surface area contributed by atoms with Gasteiger partial charge in [-0.3, -0.25) is 4.79 Å². The molecule has 1 aliphatic carbocycles. The molecule has 0 aromatic heterocycles. The van der Waals surface area contributed by atoms with Gasteiger partial charge in [0.25, 0.3) is 0 Å². The molecule has 0 saturated carbocycles. The van der Waals surface area contributed by atoms with E-state index in [-0.39, 0.29) is 11.2 Å². The number of anilines is 1. The highest BCUT2D eigenvalue weighted by Gasteiger charge is 2.25. The first kappa shape index (κ1) is 18.6. The molecule has 1 amide bonds. The molecule has 0 bridgehead atoms. The van der Waals surface area contributed by atoms with Crippen molar-refractivity contribution in [2.45, 2.75) is 36.7 Å². The number of carbonyl (C=O) groups is 1. The van der Waals surface area contributed by atoms with Crippen LogP contribution in [-0.2, 0) is 11.2 Å². The summed E-state index contributed by atoms with van der Waals surface area (Å²) in [5.41, 5.74) is 3.43. The first-order valence-corrected chi connectivity index (χ1v) is 9.82. The number of benzene rings is 2. The Kier molecular flexibility index (Phi) is 6.09. The van der Waals surface area contributed by atoms with Gasteiger partial charge in [0.15, 0.2) is 0 Å². The largest absolute Gasteiger partial charge is 0.497 e. The zero-order valence-corrected chi connectivity index (χ0v) is 16.3. The highest BCUT2D eigenvalue weighted by Crippen LogP contribution is 2.42. The van der Waals surface area contributed by atoms with E-state index in [1.165, 1.54) is 17.5 Å². The molecule has 1 aliphatic rings. The summed E-state index contributed by atoms with van der Waals surface area (Å²) in [6, 6.07) is 14.0. The van der Waals surface area contributed by atoms with Crippen molar-refractivity contribution in [3.05, 3.63) is 53.6 Å². The van der Waals surface area contributed by atoms with Crippen molar-refractivity contribution in [2.75, 3.05) is 19.5 Å². The van der Waals surface area contributed by atoms with E-state index in [1.807, 2.05) is 13.0 Å². The maximum atomic E-state index is 12.7. The molecule has 5 heteroatoms. The summed E-state index contributed by atoms with van der Waals surface area (Å²) in [6.07, 6.45) is 3.42. The van der Waals surface area contributed by atoms with Gasteiger partial charge in [0.1, 0.15) is 11.5 Å². The first-order valence-electron chi connectivity index (χ1n) is 8.88. The Balaban J connectivity index is 1.70. The standard InChI is InChI=1S/C21H25NO3S/c1-14(26-20-10-6-8-15-7-4-5-9-17(15)20)21(23)22-18-13-16(24-2)11-12-19(18)25-3/h4-5,7,9,11-14,20H,6,8,10H2,1-3H3,(H,22,23). The van der Waals surface area contributed by atoms with Crippen molar-refractivity contribution in [2.24, 2.45) is 0 Å². The lowest BCUT2D eigenvalue weighted by molar-refractivity contribution is -0.115. The summed E-state index contributed by atoms with van der Waals surface area (Å²) >= 11 is 1.73. The third-order valence-corrected chi connectivity index (χ3v) is 6.16. The van der Waals surface area contributed by atoms with E-state index in [0.717, 1.165) is 12.8 Å². The van der Waals surface area contributed by atoms with Gasteiger partial charge >= 0.3 is 0 Å². The van der Waals surface area contributed by atoms with Gasteiger partial charge in [-0.15, -0.1) is 11.8 Å². The zero-order chi connectivity index (χ0) is 18.5. The van der Waals surface area contributed by atoms with Crippen LogP contribution in [0.4, 0.5) is 5.69 Å². The summed E-state index contributed by atoms with van der Waals surface area (Å²) in [7, 11) is 3.20. The second kappa shape index (κ2) is 8.49. The molecular weight excluding hydrogens is 346 g/mol. The molecule has 3 rings (SSSR count). The van der Waals surface area contributed by atoms with Crippen molar-refractivity contribution in [3.8, 4) is 11.5 Å². The first-order chi connectivity index (χ1) is 12.6. The Bertz CT molecular complexity index is 778. The van der Waals surface area contributed by atoms with Crippen molar-refractivity contribution in [1.82, 2.24) is 0 Å². The van der Waals surface area contributed by atoms with Crippen molar-refractivity contribution >= 4 is 23.4 Å². The molecule has 0 heterocycles. The minimum atomic E-state index is -0.165. The minimum absolute atomic E-state index is 0.0235. The van der Waals surface area contributed by atoms with Crippen LogP contribution in [0.3, 0.4) is 0 Å². The quantitative estimate of drug-likeness (QED) is 0.789. The summed E-state index contributed by atoms with van der Waals surface area (Å²) in [6.45, 7) is 1.96. The SMILES string of the molecule is COc1ccc(OC)c(NC(=O)C(C)SC2CCCc3ccccc32)c1. The van der Waals surface area contributed by atoms with Crippen LogP contribution in [-0.4, -0.2) is 25.4 Å². The number of ether oxygens (including phenoxy) is 2. The molecule has 2 unspecified atom stereocenters. The second-order valence-corrected chi connectivity index (χ2v) is 7.96. The maximum absolute atomic E-state index is 12.7. The summed E-state index contributed by atoms with van der Waals surface area (Å²) in [5, 5.41) is 3.19. The molecule has 0 aliphatic heterocycles. The zero-order valence-electron chi connectivity index (χ0n) is 15.5. The predicted octanol–water partition coefficient (Wildman–Crippen LogP) is 4.84. The highest BCUT2D eigenvalue weighted by atomic mass is 32.2. The van der Waals surface area contributed by atoms with Crippen LogP contribution in [0.25, 0.3) is 0 Å². The maximum Gasteiger partial charge on any atom is 0.237 e. The molecule has 1 N–H and O–H groups in total. The average Bonchev–Trinajstić information content (AvgIpc) is 2.68. The van der Waals surface area contributed by atoms with Crippen molar-refractivity contribution in [1.29, 1.82) is 0 Å². The Morgan fingerprint density at radius 2 is 2.00 bits per heavy atom. The molecule has 26 heavy (non-hydrogen) atoms. The van der Waals surface area contributed by atoms with E-state index in [2.05, 4.69) is 29.6 Å². The summed E-state index contributed by atoms with van der Waals surface area (Å²) in [4.78, 5) is 12.7. The smallest absolute Gasteiger partial charge is 0.237 e. The number of aryl methyl sites for hydroxylation is 1. The monoisotopic (exact) mass is 371 g/mol. The Morgan fingerprint density at radius 3 is 2.77 bits per heavy atom. The third kappa shape index (κ3) is 4.15. The fourth-order valence-electron chi connectivity index (χ4n) is 3.31. The van der Waals surface area contributed by atoms with E-state index in [4.69, 9.17) is 9.47 Å². The van der Waals surface area contributed by atoms with Crippen LogP contribution in [0.1, 0.15) is 36.1 Å². The molecule has 0 saturated heterocycles. The van der Waals surface area contributed by atoms with Gasteiger partial charge in [-0.25, -0.2) is 0 Å². The van der Waals surface area contributed by atoms with Gasteiger partial charge in [0.05, 0.1) is 25.2 Å². The van der Waals surface area contributed by atoms with Crippen LogP contribution >= 0.6 is 11.8 Å². The second-order valence-electron chi connectivity index (χ2n) is 6.41. The molecule has 4 nitrogen and oxygen atoms in total. The topological polar surface area (TPSA) is 47.6 Å². The number of thioether (sulfide) groups is 1. The predicted molar refractivity (Wildman–Crippen MR) is 107 cm³/mol. The van der Waals surface area contributed by atoms with E-state index in [1.54, 1.807) is 38.1 Å². The molecule has 2 aromatic carbocycles. The Labute approximate surface area is 159 Å². The molecule has 0 fully saturated rings. The molecular formula is C21H25NO3S. The molecule has 0 spiro atoms. The van der Waals surface area contributed by atoms with E-state index in [9.17, 15) is 4.79 Å². The molecule has 2 aromatic rings. The van der Waals surface area contributed by atoms with Gasteiger partial charge in [-0.05, 0) is 49.4 Å². The van der Waals surface area contributed by atoms with Gasteiger partial charge in [-0.1, -0.05) is 24.3 Å². The number of methoxy groups -OCH3 is 2. The molecule has 138 valence electrons. The third-order valence-electron chi connectivity index (χ3n) is 4.72. The van der Waals surface area contributed by atoms with E-state index in [0.29, 0.717) is 22.4 Å². The van der Waals surface area contributed by atoms with E-state index >= 15 is 0 Å². The van der Waals surface area contributed by atoms with Crippen LogP contribution in [0.2, 0.25) is 0 Å². The Morgan fingerprint density at radius 1 is 1.19 bits per heavy atom. The van der Waals surface area contributed by atoms with Crippen LogP contribution < -0.4 is 14.8 Å². The van der Waals surface area contributed by atoms with Crippen LogP contribution in [0, 0.1) is 0 Å². The van der Waals surface area contributed by atoms with Crippen molar-refractivity contribution in [3.63, 3.8) is 0 Å². The number of rotatable bonds is 6. The lowest BCUT2D eigenvalue weighted by Gasteiger charge is -2.27. The van der Waals surface area contributed by atoms with Gasteiger partial charge in [0.2, 0.25) is 5.91 Å². The van der Waals surface area contributed by atoms with E-state index < -0.39 is 0 Å². The van der Waals surface area contributed by atoms with Crippen molar-refractivity contribution < 1.29 is 14.3 Å². The highest BCUT2D eigenvalue weighted by molar-refractivity contribution is 8.00. The van der Waals surface area contributed by atoms with Gasteiger partial charge < -0.3 is 14.8 Å². The molecule has 0 radical (unpaired) electrons. The fraction of sp³-hybridized carbons (Fsp3) is 0.381. The number of amides is 1. The molecule has 2 atom stereocenters. The van der Waals surface area contributed by atoms with Gasteiger partial charge in [0, 0.05) is 11.3 Å². The average molecular weight is 372 g/mol. The lowest BCUT2D eigenvalue weighted by atomic mass is 9.91. The fourth-order valence-corrected chi connectivity index (χ4v) is 4.66. The van der Waals surface area contributed by atoms with Gasteiger partial charge in [-0.2, -0.15) is 0 Å². The number of carbonyl (C=O) groups excluding carboxylic acids is 1.